The van der Waals surface area contributed by atoms with E-state index in [1.54, 1.807) is 6.07 Å². The van der Waals surface area contributed by atoms with Crippen LogP contribution >= 0.6 is 0 Å². The summed E-state index contributed by atoms with van der Waals surface area (Å²) in [6.45, 7) is 4.52. The summed E-state index contributed by atoms with van der Waals surface area (Å²) in [6, 6.07) is 8.99. The molecule has 1 saturated heterocycles. The fourth-order valence-corrected chi connectivity index (χ4v) is 3.71. The summed E-state index contributed by atoms with van der Waals surface area (Å²) in [5.41, 5.74) is 2.91. The first-order valence-electron chi connectivity index (χ1n) is 9.58. The van der Waals surface area contributed by atoms with E-state index in [9.17, 15) is 14.9 Å². The molecule has 4 rings (SSSR count). The van der Waals surface area contributed by atoms with Crippen molar-refractivity contribution in [3.05, 3.63) is 64.2 Å². The summed E-state index contributed by atoms with van der Waals surface area (Å²) in [4.78, 5) is 35.6. The van der Waals surface area contributed by atoms with Crippen molar-refractivity contribution in [2.24, 2.45) is 0 Å². The minimum Gasteiger partial charge on any atom is -0.353 e. The molecule has 3 aromatic heterocycles. The first kappa shape index (κ1) is 18.9. The highest BCUT2D eigenvalue weighted by Gasteiger charge is 2.22. The van der Waals surface area contributed by atoms with Gasteiger partial charge in [-0.15, -0.1) is 0 Å². The molecular weight excluding hydrogens is 372 g/mol. The standard InChI is InChI=1S/C20H22N6O3/c1-15-17(25-9-3-2-4-19(25)22-15)6-8-20(27)24-12-10-23(11-13-24)18-7-5-16(14-21-18)26(28)29/h2-5,7,9,14H,6,8,10-13H2,1H3. The van der Waals surface area contributed by atoms with Gasteiger partial charge in [-0.1, -0.05) is 6.07 Å². The normalized spacial score (nSPS) is 14.4. The molecule has 0 bridgehead atoms. The Morgan fingerprint density at radius 2 is 1.97 bits per heavy atom. The van der Waals surface area contributed by atoms with E-state index in [2.05, 4.69) is 9.97 Å². The van der Waals surface area contributed by atoms with Crippen LogP contribution in [-0.4, -0.2) is 56.3 Å². The summed E-state index contributed by atoms with van der Waals surface area (Å²) in [5.74, 6) is 0.829. The van der Waals surface area contributed by atoms with E-state index in [1.165, 1.54) is 12.3 Å². The third-order valence-corrected chi connectivity index (χ3v) is 5.30. The highest BCUT2D eigenvalue weighted by Crippen LogP contribution is 2.18. The lowest BCUT2D eigenvalue weighted by molar-refractivity contribution is -0.385. The number of rotatable bonds is 5. The molecule has 29 heavy (non-hydrogen) atoms. The van der Waals surface area contributed by atoms with Gasteiger partial charge in [0.25, 0.3) is 5.69 Å². The van der Waals surface area contributed by atoms with Crippen molar-refractivity contribution in [2.75, 3.05) is 31.1 Å². The number of pyridine rings is 2. The number of hydrogen-bond acceptors (Lipinski definition) is 6. The maximum absolute atomic E-state index is 12.7. The average molecular weight is 394 g/mol. The highest BCUT2D eigenvalue weighted by molar-refractivity contribution is 5.76. The smallest absolute Gasteiger partial charge is 0.287 e. The quantitative estimate of drug-likeness (QED) is 0.486. The fraction of sp³-hybridized carbons (Fsp3) is 0.350. The maximum atomic E-state index is 12.7. The van der Waals surface area contributed by atoms with E-state index in [0.29, 0.717) is 44.8 Å². The lowest BCUT2D eigenvalue weighted by Gasteiger charge is -2.35. The topological polar surface area (TPSA) is 96.9 Å². The van der Waals surface area contributed by atoms with Gasteiger partial charge < -0.3 is 14.2 Å². The third-order valence-electron chi connectivity index (χ3n) is 5.30. The molecule has 0 aromatic carbocycles. The first-order chi connectivity index (χ1) is 14.0. The van der Waals surface area contributed by atoms with Crippen LogP contribution in [0.15, 0.2) is 42.7 Å². The molecule has 0 unspecified atom stereocenters. The van der Waals surface area contributed by atoms with Crippen molar-refractivity contribution >= 4 is 23.1 Å². The van der Waals surface area contributed by atoms with E-state index in [1.807, 2.05) is 45.5 Å². The maximum Gasteiger partial charge on any atom is 0.287 e. The molecule has 0 saturated carbocycles. The Morgan fingerprint density at radius 1 is 1.17 bits per heavy atom. The molecule has 0 radical (unpaired) electrons. The molecule has 1 fully saturated rings. The molecule has 0 spiro atoms. The van der Waals surface area contributed by atoms with Gasteiger partial charge in [-0.05, 0) is 31.5 Å². The zero-order valence-electron chi connectivity index (χ0n) is 16.2. The van der Waals surface area contributed by atoms with Crippen LogP contribution in [0.2, 0.25) is 0 Å². The Labute approximate surface area is 167 Å². The van der Waals surface area contributed by atoms with Crippen LogP contribution in [0.1, 0.15) is 17.8 Å². The summed E-state index contributed by atoms with van der Waals surface area (Å²) < 4.78 is 2.04. The Kier molecular flexibility index (Phi) is 5.11. The Hall–Kier alpha value is -3.49. The Balaban J connectivity index is 1.33. The largest absolute Gasteiger partial charge is 0.353 e. The zero-order valence-corrected chi connectivity index (χ0v) is 16.2. The van der Waals surface area contributed by atoms with E-state index in [4.69, 9.17) is 0 Å². The molecule has 0 N–H and O–H groups in total. The van der Waals surface area contributed by atoms with Gasteiger partial charge >= 0.3 is 0 Å². The molecule has 1 amide bonds. The minimum atomic E-state index is -0.459. The SMILES string of the molecule is Cc1nc2ccccn2c1CCC(=O)N1CCN(c2ccc([N+](=O)[O-])cn2)CC1. The van der Waals surface area contributed by atoms with Gasteiger partial charge in [0.2, 0.25) is 5.91 Å². The first-order valence-corrected chi connectivity index (χ1v) is 9.58. The number of aromatic nitrogens is 3. The van der Waals surface area contributed by atoms with Gasteiger partial charge in [-0.25, -0.2) is 9.97 Å². The molecule has 0 atom stereocenters. The number of fused-ring (bicyclic) bond motifs is 1. The second-order valence-electron chi connectivity index (χ2n) is 7.07. The van der Waals surface area contributed by atoms with Gasteiger partial charge in [0.05, 0.1) is 10.6 Å². The van der Waals surface area contributed by atoms with Crippen molar-refractivity contribution in [2.45, 2.75) is 19.8 Å². The second-order valence-corrected chi connectivity index (χ2v) is 7.07. The van der Waals surface area contributed by atoms with Gasteiger partial charge in [0.1, 0.15) is 17.7 Å². The molecule has 150 valence electrons. The van der Waals surface area contributed by atoms with Gasteiger partial charge in [-0.3, -0.25) is 14.9 Å². The van der Waals surface area contributed by atoms with Crippen molar-refractivity contribution in [3.8, 4) is 0 Å². The number of nitrogens with zero attached hydrogens (tertiary/aromatic N) is 6. The molecule has 1 aliphatic rings. The molecule has 9 heteroatoms. The number of amides is 1. The van der Waals surface area contributed by atoms with Crippen LogP contribution in [0.3, 0.4) is 0 Å². The van der Waals surface area contributed by atoms with Crippen molar-refractivity contribution in [1.29, 1.82) is 0 Å². The predicted octanol–water partition coefficient (Wildman–Crippen LogP) is 2.23. The third kappa shape index (κ3) is 3.89. The van der Waals surface area contributed by atoms with Crippen LogP contribution < -0.4 is 4.90 Å². The number of carbonyl (C=O) groups is 1. The van der Waals surface area contributed by atoms with E-state index < -0.39 is 4.92 Å². The molecule has 0 aliphatic carbocycles. The van der Waals surface area contributed by atoms with Crippen molar-refractivity contribution in [3.63, 3.8) is 0 Å². The number of piperazine rings is 1. The van der Waals surface area contributed by atoms with Crippen LogP contribution in [-0.2, 0) is 11.2 Å². The predicted molar refractivity (Wildman–Crippen MR) is 108 cm³/mol. The van der Waals surface area contributed by atoms with Crippen molar-refractivity contribution in [1.82, 2.24) is 19.3 Å². The summed E-state index contributed by atoms with van der Waals surface area (Å²) >= 11 is 0. The van der Waals surface area contributed by atoms with Gasteiger partial charge in [-0.2, -0.15) is 0 Å². The Bertz CT molecular complexity index is 1040. The summed E-state index contributed by atoms with van der Waals surface area (Å²) in [5, 5.41) is 10.7. The number of aryl methyl sites for hydroxylation is 2. The minimum absolute atomic E-state index is 0.0229. The van der Waals surface area contributed by atoms with E-state index >= 15 is 0 Å². The van der Waals surface area contributed by atoms with Crippen molar-refractivity contribution < 1.29 is 9.72 Å². The van der Waals surface area contributed by atoms with Gasteiger partial charge in [0, 0.05) is 50.6 Å². The molecule has 1 aliphatic heterocycles. The molecule has 3 aromatic rings. The van der Waals surface area contributed by atoms with Crippen LogP contribution in [0.25, 0.3) is 5.65 Å². The summed E-state index contributed by atoms with van der Waals surface area (Å²) in [6.07, 6.45) is 4.34. The van der Waals surface area contributed by atoms with Crippen LogP contribution in [0.5, 0.6) is 0 Å². The second kappa shape index (κ2) is 7.86. The molecule has 4 heterocycles. The molecular formula is C20H22N6O3. The zero-order chi connectivity index (χ0) is 20.4. The van der Waals surface area contributed by atoms with E-state index in [0.717, 1.165) is 17.0 Å². The number of carbonyl (C=O) groups excluding carboxylic acids is 1. The highest BCUT2D eigenvalue weighted by atomic mass is 16.6. The number of nitro groups is 1. The monoisotopic (exact) mass is 394 g/mol. The average Bonchev–Trinajstić information content (AvgIpc) is 3.07. The van der Waals surface area contributed by atoms with Gasteiger partial charge in [0.15, 0.2) is 0 Å². The molecule has 9 nitrogen and oxygen atoms in total. The number of anilines is 1. The lowest BCUT2D eigenvalue weighted by Crippen LogP contribution is -2.49. The Morgan fingerprint density at radius 3 is 2.66 bits per heavy atom. The van der Waals surface area contributed by atoms with Crippen LogP contribution in [0, 0.1) is 17.0 Å². The fourth-order valence-electron chi connectivity index (χ4n) is 3.71. The number of hydrogen-bond donors (Lipinski definition) is 0. The van der Waals surface area contributed by atoms with Crippen LogP contribution in [0.4, 0.5) is 11.5 Å². The van der Waals surface area contributed by atoms with E-state index in [-0.39, 0.29) is 11.6 Å². The summed E-state index contributed by atoms with van der Waals surface area (Å²) in [7, 11) is 0. The number of imidazole rings is 1. The lowest BCUT2D eigenvalue weighted by atomic mass is 10.1.